The van der Waals surface area contributed by atoms with Crippen molar-refractivity contribution in [2.75, 3.05) is 19.6 Å². The Morgan fingerprint density at radius 1 is 1.08 bits per heavy atom. The van der Waals surface area contributed by atoms with E-state index in [4.69, 9.17) is 16.3 Å². The average molecular weight is 527 g/mol. The van der Waals surface area contributed by atoms with Crippen molar-refractivity contribution >= 4 is 29.4 Å². The Balaban J connectivity index is 1.51. The van der Waals surface area contributed by atoms with Gasteiger partial charge in [0.05, 0.1) is 17.9 Å². The summed E-state index contributed by atoms with van der Waals surface area (Å²) < 4.78 is 6.20. The van der Waals surface area contributed by atoms with Gasteiger partial charge in [0.1, 0.15) is 18.1 Å². The minimum atomic E-state index is -0.919. The van der Waals surface area contributed by atoms with Gasteiger partial charge in [0.2, 0.25) is 11.8 Å². The van der Waals surface area contributed by atoms with Crippen LogP contribution in [-0.2, 0) is 27.4 Å². The zero-order valence-electron chi connectivity index (χ0n) is 20.6. The number of benzene rings is 1. The second-order valence-corrected chi connectivity index (χ2v) is 10.4. The monoisotopic (exact) mass is 526 g/mol. The van der Waals surface area contributed by atoms with Crippen molar-refractivity contribution in [3.63, 3.8) is 0 Å². The molecular formula is C27H31ClN4O5. The number of nitrogens with zero attached hydrogens (tertiary/aromatic N) is 4. The molecule has 0 unspecified atom stereocenters. The van der Waals surface area contributed by atoms with Crippen LogP contribution in [0.4, 0.5) is 0 Å². The fraction of sp³-hybridized carbons (Fsp3) is 0.519. The molecule has 0 radical (unpaired) electrons. The molecule has 0 bridgehead atoms. The van der Waals surface area contributed by atoms with Crippen LogP contribution in [0.5, 0.6) is 5.75 Å². The normalized spacial score (nSPS) is 23.6. The van der Waals surface area contributed by atoms with E-state index in [1.807, 2.05) is 6.07 Å². The summed E-state index contributed by atoms with van der Waals surface area (Å²) in [5.74, 6) is -1.70. The highest BCUT2D eigenvalue weighted by Crippen LogP contribution is 2.43. The number of carbonyl (C=O) groups excluding carboxylic acids is 2. The van der Waals surface area contributed by atoms with Crippen molar-refractivity contribution in [2.24, 2.45) is 11.8 Å². The molecule has 3 heterocycles. The number of aliphatic carboxylic acids is 1. The Kier molecular flexibility index (Phi) is 7.60. The molecule has 9 nitrogen and oxygen atoms in total. The first-order chi connectivity index (χ1) is 17.9. The molecule has 5 rings (SSSR count). The topological polar surface area (TPSA) is 113 Å². The Morgan fingerprint density at radius 3 is 2.59 bits per heavy atom. The molecule has 1 saturated heterocycles. The van der Waals surface area contributed by atoms with Crippen molar-refractivity contribution in [1.29, 1.82) is 0 Å². The molecule has 196 valence electrons. The van der Waals surface area contributed by atoms with Gasteiger partial charge in [-0.1, -0.05) is 24.4 Å². The first-order valence-electron chi connectivity index (χ1n) is 13.0. The summed E-state index contributed by atoms with van der Waals surface area (Å²) >= 11 is 6.64. The average Bonchev–Trinajstić information content (AvgIpc) is 3.32. The second-order valence-electron chi connectivity index (χ2n) is 10.0. The lowest BCUT2D eigenvalue weighted by Crippen LogP contribution is -2.50. The van der Waals surface area contributed by atoms with Crippen LogP contribution in [0.3, 0.4) is 0 Å². The van der Waals surface area contributed by atoms with Crippen molar-refractivity contribution in [3.05, 3.63) is 52.3 Å². The lowest BCUT2D eigenvalue weighted by Gasteiger charge is -2.43. The maximum absolute atomic E-state index is 14.0. The molecule has 1 N–H and O–H groups in total. The number of carbonyl (C=O) groups is 3. The molecule has 3 atom stereocenters. The Labute approximate surface area is 220 Å². The van der Waals surface area contributed by atoms with E-state index in [0.717, 1.165) is 30.4 Å². The number of ether oxygens (including phenoxy) is 1. The highest BCUT2D eigenvalue weighted by atomic mass is 35.5. The van der Waals surface area contributed by atoms with E-state index in [9.17, 15) is 19.5 Å². The smallest absolute Gasteiger partial charge is 0.307 e. The van der Waals surface area contributed by atoms with Gasteiger partial charge in [0, 0.05) is 42.8 Å². The van der Waals surface area contributed by atoms with Crippen LogP contribution >= 0.6 is 11.6 Å². The van der Waals surface area contributed by atoms with E-state index in [1.54, 1.807) is 34.2 Å². The molecule has 2 aromatic rings. The Morgan fingerprint density at radius 2 is 1.89 bits per heavy atom. The molecule has 10 heteroatoms. The second kappa shape index (κ2) is 11.0. The maximum Gasteiger partial charge on any atom is 0.307 e. The number of aromatic nitrogens is 2. The van der Waals surface area contributed by atoms with Gasteiger partial charge in [-0.25, -0.2) is 0 Å². The summed E-state index contributed by atoms with van der Waals surface area (Å²) in [7, 11) is 0. The predicted molar refractivity (Wildman–Crippen MR) is 135 cm³/mol. The molecule has 37 heavy (non-hydrogen) atoms. The van der Waals surface area contributed by atoms with Crippen molar-refractivity contribution in [1.82, 2.24) is 20.0 Å². The fourth-order valence-corrected chi connectivity index (χ4v) is 6.22. The van der Waals surface area contributed by atoms with E-state index in [-0.39, 0.29) is 18.4 Å². The van der Waals surface area contributed by atoms with Crippen LogP contribution in [0.1, 0.15) is 61.4 Å². The highest BCUT2D eigenvalue weighted by Gasteiger charge is 2.43. The summed E-state index contributed by atoms with van der Waals surface area (Å²) in [6, 6.07) is 6.72. The summed E-state index contributed by atoms with van der Waals surface area (Å²) in [6.45, 7) is 1.55. The third-order valence-corrected chi connectivity index (χ3v) is 8.18. The largest absolute Gasteiger partial charge is 0.487 e. The summed E-state index contributed by atoms with van der Waals surface area (Å²) in [5.41, 5.74) is 2.35. The molecule has 1 aliphatic carbocycles. The number of fused-ring (bicyclic) bond motifs is 1. The van der Waals surface area contributed by atoms with E-state index in [0.29, 0.717) is 61.8 Å². The van der Waals surface area contributed by atoms with Crippen LogP contribution in [0.25, 0.3) is 0 Å². The highest BCUT2D eigenvalue weighted by molar-refractivity contribution is 6.31. The number of rotatable bonds is 7. The number of likely N-dealkylation sites (tertiary alicyclic amines) is 1. The molecule has 2 amide bonds. The van der Waals surface area contributed by atoms with Gasteiger partial charge < -0.3 is 19.6 Å². The number of hydrogen-bond acceptors (Lipinski definition) is 6. The summed E-state index contributed by atoms with van der Waals surface area (Å²) in [6.07, 6.45) is 6.09. The zero-order chi connectivity index (χ0) is 25.9. The van der Waals surface area contributed by atoms with Gasteiger partial charge in [0.25, 0.3) is 0 Å². The molecule has 1 saturated carbocycles. The zero-order valence-corrected chi connectivity index (χ0v) is 21.4. The Bertz CT molecular complexity index is 1180. The van der Waals surface area contributed by atoms with E-state index < -0.39 is 23.8 Å². The van der Waals surface area contributed by atoms with Crippen LogP contribution < -0.4 is 4.74 Å². The lowest BCUT2D eigenvalue weighted by molar-refractivity contribution is -0.154. The standard InChI is InChI=1S/C27H31ClN4O5/c28-21-9-10-23(37-16-17-5-3-12-29-30-17)25-20(21)11-14-32(22(25)15-31-13-4-8-24(31)33)26(34)18-6-1-2-7-19(18)27(35)36/h3,5,9-10,12,18-19,22H,1-2,4,6-8,11,13-16H2,(H,35,36)/t18-,19+,22-/m1/s1. The van der Waals surface area contributed by atoms with Gasteiger partial charge >= 0.3 is 5.97 Å². The minimum Gasteiger partial charge on any atom is -0.487 e. The fourth-order valence-electron chi connectivity index (χ4n) is 5.96. The molecular weight excluding hydrogens is 496 g/mol. The van der Waals surface area contributed by atoms with Gasteiger partial charge in [0.15, 0.2) is 0 Å². The first-order valence-corrected chi connectivity index (χ1v) is 13.3. The van der Waals surface area contributed by atoms with Crippen LogP contribution in [-0.4, -0.2) is 62.5 Å². The number of carboxylic acid groups (broad SMARTS) is 1. The van der Waals surface area contributed by atoms with Gasteiger partial charge in [-0.15, -0.1) is 0 Å². The molecule has 2 aliphatic heterocycles. The first kappa shape index (κ1) is 25.4. The quantitative estimate of drug-likeness (QED) is 0.586. The van der Waals surface area contributed by atoms with Gasteiger partial charge in [-0.2, -0.15) is 10.2 Å². The van der Waals surface area contributed by atoms with Crippen molar-refractivity contribution in [2.45, 2.75) is 57.6 Å². The Hall–Kier alpha value is -3.20. The van der Waals surface area contributed by atoms with Crippen molar-refractivity contribution in [3.8, 4) is 5.75 Å². The van der Waals surface area contributed by atoms with Gasteiger partial charge in [-0.05, 0) is 55.5 Å². The van der Waals surface area contributed by atoms with E-state index in [1.165, 1.54) is 0 Å². The minimum absolute atomic E-state index is 0.0599. The number of hydrogen-bond donors (Lipinski definition) is 1. The summed E-state index contributed by atoms with van der Waals surface area (Å²) in [4.78, 5) is 42.2. The number of amides is 2. The third-order valence-electron chi connectivity index (χ3n) is 7.82. The molecule has 1 aromatic heterocycles. The number of carboxylic acids is 1. The summed E-state index contributed by atoms with van der Waals surface area (Å²) in [5, 5.41) is 18.4. The number of halogens is 1. The van der Waals surface area contributed by atoms with Crippen LogP contribution in [0.15, 0.2) is 30.5 Å². The third kappa shape index (κ3) is 5.28. The van der Waals surface area contributed by atoms with E-state index in [2.05, 4.69) is 10.2 Å². The molecule has 0 spiro atoms. The van der Waals surface area contributed by atoms with Crippen LogP contribution in [0.2, 0.25) is 5.02 Å². The molecule has 2 fully saturated rings. The van der Waals surface area contributed by atoms with E-state index >= 15 is 0 Å². The predicted octanol–water partition coefficient (Wildman–Crippen LogP) is 3.65. The van der Waals surface area contributed by atoms with Gasteiger partial charge in [-0.3, -0.25) is 14.4 Å². The molecule has 1 aromatic carbocycles. The SMILES string of the molecule is O=C(O)[C@H]1CCCC[C@H]1C(=O)N1CCc2c(Cl)ccc(OCc3cccnn3)c2[C@H]1CN1CCCC1=O. The lowest BCUT2D eigenvalue weighted by atomic mass is 9.77. The molecule has 3 aliphatic rings. The van der Waals surface area contributed by atoms with Crippen molar-refractivity contribution < 1.29 is 24.2 Å². The van der Waals surface area contributed by atoms with Crippen LogP contribution in [0, 0.1) is 11.8 Å². The maximum atomic E-state index is 14.0.